The molecule has 0 saturated heterocycles. The molecule has 0 fully saturated rings. The van der Waals surface area contributed by atoms with E-state index in [9.17, 15) is 4.79 Å². The van der Waals surface area contributed by atoms with Gasteiger partial charge < -0.3 is 14.2 Å². The summed E-state index contributed by atoms with van der Waals surface area (Å²) >= 11 is 0. The van der Waals surface area contributed by atoms with Crippen LogP contribution in [0.15, 0.2) is 66.7 Å². The van der Waals surface area contributed by atoms with Gasteiger partial charge in [0, 0.05) is 18.8 Å². The molecule has 0 N–H and O–H groups in total. The van der Waals surface area contributed by atoms with Gasteiger partial charge in [0.2, 0.25) is 0 Å². The van der Waals surface area contributed by atoms with Gasteiger partial charge in [-0.3, -0.25) is 0 Å². The summed E-state index contributed by atoms with van der Waals surface area (Å²) < 4.78 is 17.6. The Bertz CT molecular complexity index is 752. The first-order valence-electron chi connectivity index (χ1n) is 9.25. The van der Waals surface area contributed by atoms with E-state index in [0.717, 1.165) is 11.1 Å². The van der Waals surface area contributed by atoms with E-state index in [1.807, 2.05) is 63.2 Å². The largest absolute Gasteiger partial charge is 0.423 e. The van der Waals surface area contributed by atoms with Crippen molar-refractivity contribution in [3.05, 3.63) is 77.9 Å². The molecule has 2 unspecified atom stereocenters. The lowest BCUT2D eigenvalue weighted by Crippen LogP contribution is -2.43. The molecule has 0 aliphatic carbocycles. The predicted octanol–water partition coefficient (Wildman–Crippen LogP) is 4.87. The maximum Gasteiger partial charge on any atom is 0.338 e. The molecule has 144 valence electrons. The Kier molecular flexibility index (Phi) is 7.34. The van der Waals surface area contributed by atoms with E-state index in [0.29, 0.717) is 24.5 Å². The van der Waals surface area contributed by atoms with Gasteiger partial charge in [0.25, 0.3) is 0 Å². The molecule has 0 heterocycles. The van der Waals surface area contributed by atoms with Gasteiger partial charge in [0.1, 0.15) is 11.4 Å². The van der Waals surface area contributed by atoms with E-state index >= 15 is 0 Å². The zero-order valence-electron chi connectivity index (χ0n) is 16.5. The number of ether oxygens (including phenoxy) is 3. The highest BCUT2D eigenvalue weighted by Gasteiger charge is 2.41. The molecule has 2 rings (SSSR count). The minimum absolute atomic E-state index is 0.214. The molecule has 0 spiro atoms. The van der Waals surface area contributed by atoms with Gasteiger partial charge in [0.15, 0.2) is 0 Å². The van der Waals surface area contributed by atoms with Gasteiger partial charge in [0.05, 0.1) is 6.10 Å². The molecule has 0 aromatic heterocycles. The van der Waals surface area contributed by atoms with Crippen molar-refractivity contribution < 1.29 is 19.0 Å². The van der Waals surface area contributed by atoms with Crippen LogP contribution in [0.5, 0.6) is 5.75 Å². The van der Waals surface area contributed by atoms with Crippen molar-refractivity contribution in [2.24, 2.45) is 0 Å². The van der Waals surface area contributed by atoms with Crippen LogP contribution in [-0.4, -0.2) is 25.3 Å². The lowest BCUT2D eigenvalue weighted by Gasteiger charge is -2.39. The van der Waals surface area contributed by atoms with Crippen LogP contribution in [0.3, 0.4) is 0 Å². The Morgan fingerprint density at radius 3 is 2.11 bits per heavy atom. The first-order chi connectivity index (χ1) is 13.0. The topological polar surface area (TPSA) is 44.8 Å². The standard InChI is InChI=1S/C23H28O4/c1-6-25-18(5)23(26-7-2,19-11-9-8-10-12-19)20-13-15-21(16-14-20)27-22(24)17(3)4/h8-16,18H,3,6-7H2,1-2,4-5H3. The minimum atomic E-state index is -0.761. The maximum absolute atomic E-state index is 11.7. The van der Waals surface area contributed by atoms with Crippen molar-refractivity contribution in [1.29, 1.82) is 0 Å². The van der Waals surface area contributed by atoms with Crippen LogP contribution in [0.2, 0.25) is 0 Å². The number of hydrogen-bond acceptors (Lipinski definition) is 4. The number of carbonyl (C=O) groups excluding carboxylic acids is 1. The normalized spacial score (nSPS) is 14.2. The van der Waals surface area contributed by atoms with E-state index < -0.39 is 11.6 Å². The van der Waals surface area contributed by atoms with Crippen LogP contribution in [0.1, 0.15) is 38.8 Å². The van der Waals surface area contributed by atoms with E-state index in [2.05, 4.69) is 6.58 Å². The second-order valence-electron chi connectivity index (χ2n) is 6.33. The minimum Gasteiger partial charge on any atom is -0.423 e. The van der Waals surface area contributed by atoms with Gasteiger partial charge in [-0.25, -0.2) is 4.79 Å². The Hall–Kier alpha value is -2.43. The SMILES string of the molecule is C=C(C)C(=O)Oc1ccc(C(OCC)(c2ccccc2)C(C)OCC)cc1. The van der Waals surface area contributed by atoms with E-state index in [1.165, 1.54) is 0 Å². The Morgan fingerprint density at radius 1 is 1.00 bits per heavy atom. The molecule has 0 saturated carbocycles. The third-order valence-corrected chi connectivity index (χ3v) is 4.41. The Morgan fingerprint density at radius 2 is 1.59 bits per heavy atom. The fourth-order valence-corrected chi connectivity index (χ4v) is 3.17. The quantitative estimate of drug-likeness (QED) is 0.360. The third-order valence-electron chi connectivity index (χ3n) is 4.41. The molecule has 0 aliphatic rings. The number of benzene rings is 2. The predicted molar refractivity (Wildman–Crippen MR) is 107 cm³/mol. The van der Waals surface area contributed by atoms with Crippen molar-refractivity contribution in [3.63, 3.8) is 0 Å². The van der Waals surface area contributed by atoms with Crippen molar-refractivity contribution in [2.45, 2.75) is 39.4 Å². The molecular formula is C23H28O4. The van der Waals surface area contributed by atoms with Crippen LogP contribution in [-0.2, 0) is 19.9 Å². The van der Waals surface area contributed by atoms with Gasteiger partial charge in [-0.1, -0.05) is 49.0 Å². The smallest absolute Gasteiger partial charge is 0.338 e. The lowest BCUT2D eigenvalue weighted by atomic mass is 9.81. The Labute approximate surface area is 161 Å². The molecule has 4 heteroatoms. The number of carbonyl (C=O) groups is 1. The average molecular weight is 368 g/mol. The highest BCUT2D eigenvalue weighted by molar-refractivity contribution is 5.88. The molecule has 2 aromatic carbocycles. The first-order valence-corrected chi connectivity index (χ1v) is 9.25. The summed E-state index contributed by atoms with van der Waals surface area (Å²) in [6.45, 7) is 12.3. The van der Waals surface area contributed by atoms with Crippen LogP contribution < -0.4 is 4.74 Å². The zero-order valence-corrected chi connectivity index (χ0v) is 16.5. The number of esters is 1. The van der Waals surface area contributed by atoms with E-state index in [-0.39, 0.29) is 6.10 Å². The summed E-state index contributed by atoms with van der Waals surface area (Å²) in [5.74, 6) is 0.0267. The van der Waals surface area contributed by atoms with E-state index in [4.69, 9.17) is 14.2 Å². The fourth-order valence-electron chi connectivity index (χ4n) is 3.17. The molecule has 0 aliphatic heterocycles. The number of rotatable bonds is 9. The summed E-state index contributed by atoms with van der Waals surface area (Å²) in [5.41, 5.74) is 1.55. The first kappa shape index (κ1) is 20.9. The summed E-state index contributed by atoms with van der Waals surface area (Å²) in [6, 6.07) is 17.4. The molecule has 4 nitrogen and oxygen atoms in total. The van der Waals surface area contributed by atoms with Gasteiger partial charge >= 0.3 is 5.97 Å². The highest BCUT2D eigenvalue weighted by Crippen LogP contribution is 2.39. The highest BCUT2D eigenvalue weighted by atomic mass is 16.6. The lowest BCUT2D eigenvalue weighted by molar-refractivity contribution is -0.130. The second-order valence-corrected chi connectivity index (χ2v) is 6.33. The van der Waals surface area contributed by atoms with Crippen LogP contribution in [0.4, 0.5) is 0 Å². The molecule has 2 aromatic rings. The fraction of sp³-hybridized carbons (Fsp3) is 0.348. The monoisotopic (exact) mass is 368 g/mol. The molecule has 0 amide bonds. The molecule has 0 radical (unpaired) electrons. The summed E-state index contributed by atoms with van der Waals surface area (Å²) in [6.07, 6.45) is -0.214. The average Bonchev–Trinajstić information content (AvgIpc) is 2.67. The van der Waals surface area contributed by atoms with Gasteiger partial charge in [-0.2, -0.15) is 0 Å². The Balaban J connectivity index is 2.49. The maximum atomic E-state index is 11.7. The van der Waals surface area contributed by atoms with Gasteiger partial charge in [-0.05, 0) is 51.0 Å². The van der Waals surface area contributed by atoms with Crippen molar-refractivity contribution in [2.75, 3.05) is 13.2 Å². The molecular weight excluding hydrogens is 340 g/mol. The molecule has 0 bridgehead atoms. The number of hydrogen-bond donors (Lipinski definition) is 0. The third kappa shape index (κ3) is 4.65. The van der Waals surface area contributed by atoms with Crippen LogP contribution >= 0.6 is 0 Å². The van der Waals surface area contributed by atoms with Gasteiger partial charge in [-0.15, -0.1) is 0 Å². The van der Waals surface area contributed by atoms with Crippen LogP contribution in [0.25, 0.3) is 0 Å². The second kappa shape index (κ2) is 9.49. The van der Waals surface area contributed by atoms with E-state index in [1.54, 1.807) is 19.1 Å². The summed E-state index contributed by atoms with van der Waals surface area (Å²) in [7, 11) is 0. The zero-order chi connectivity index (χ0) is 19.9. The van der Waals surface area contributed by atoms with Crippen molar-refractivity contribution in [3.8, 4) is 5.75 Å². The van der Waals surface area contributed by atoms with Crippen molar-refractivity contribution >= 4 is 5.97 Å². The van der Waals surface area contributed by atoms with Crippen molar-refractivity contribution in [1.82, 2.24) is 0 Å². The summed E-state index contributed by atoms with van der Waals surface area (Å²) in [5, 5.41) is 0. The molecule has 2 atom stereocenters. The molecule has 27 heavy (non-hydrogen) atoms. The van der Waals surface area contributed by atoms with Crippen LogP contribution in [0, 0.1) is 0 Å². The summed E-state index contributed by atoms with van der Waals surface area (Å²) in [4.78, 5) is 11.7.